The summed E-state index contributed by atoms with van der Waals surface area (Å²) in [6.45, 7) is 0.306. The molecule has 0 radical (unpaired) electrons. The number of nitrogens with zero attached hydrogens (tertiary/aromatic N) is 1. The molecule has 1 atom stereocenters. The van der Waals surface area contributed by atoms with Crippen LogP contribution >= 0.6 is 0 Å². The summed E-state index contributed by atoms with van der Waals surface area (Å²) in [6, 6.07) is 14.7. The molecule has 0 N–H and O–H groups in total. The zero-order valence-corrected chi connectivity index (χ0v) is 19.0. The number of amides is 1. The maximum Gasteiger partial charge on any atom is 0.416 e. The predicted octanol–water partition coefficient (Wildman–Crippen LogP) is 5.52. The lowest BCUT2D eigenvalue weighted by atomic mass is 9.86. The monoisotopic (exact) mass is 471 g/mol. The molecular formula is C26H24F3NO4. The molecule has 0 saturated heterocycles. The summed E-state index contributed by atoms with van der Waals surface area (Å²) in [6.07, 6.45) is -4.01. The van der Waals surface area contributed by atoms with Gasteiger partial charge in [-0.15, -0.1) is 0 Å². The third-order valence-electron chi connectivity index (χ3n) is 6.00. The fourth-order valence-corrected chi connectivity index (χ4v) is 4.39. The van der Waals surface area contributed by atoms with Crippen LogP contribution in [0.25, 0.3) is 0 Å². The summed E-state index contributed by atoms with van der Waals surface area (Å²) in [4.78, 5) is 15.3. The molecule has 8 heteroatoms. The van der Waals surface area contributed by atoms with E-state index in [0.717, 1.165) is 17.7 Å². The van der Waals surface area contributed by atoms with Gasteiger partial charge in [0, 0.05) is 6.54 Å². The molecule has 3 aromatic rings. The zero-order chi connectivity index (χ0) is 24.5. The van der Waals surface area contributed by atoms with Gasteiger partial charge in [-0.2, -0.15) is 13.2 Å². The van der Waals surface area contributed by atoms with E-state index in [4.69, 9.17) is 14.2 Å². The smallest absolute Gasteiger partial charge is 0.416 e. The van der Waals surface area contributed by atoms with Crippen LogP contribution in [0.5, 0.6) is 17.2 Å². The van der Waals surface area contributed by atoms with Crippen molar-refractivity contribution in [2.45, 2.75) is 18.6 Å². The molecule has 3 aromatic carbocycles. The van der Waals surface area contributed by atoms with Crippen molar-refractivity contribution in [1.82, 2.24) is 4.90 Å². The fourth-order valence-electron chi connectivity index (χ4n) is 4.39. The summed E-state index contributed by atoms with van der Waals surface area (Å²) >= 11 is 0. The summed E-state index contributed by atoms with van der Waals surface area (Å²) in [5.74, 6) is 1.02. The van der Waals surface area contributed by atoms with Crippen LogP contribution in [0.3, 0.4) is 0 Å². The van der Waals surface area contributed by atoms with Gasteiger partial charge < -0.3 is 19.1 Å². The lowest BCUT2D eigenvalue weighted by Gasteiger charge is -2.38. The molecule has 0 aromatic heterocycles. The molecule has 1 heterocycles. The van der Waals surface area contributed by atoms with Gasteiger partial charge >= 0.3 is 6.18 Å². The summed E-state index contributed by atoms with van der Waals surface area (Å²) < 4.78 is 56.8. The molecule has 1 aliphatic heterocycles. The van der Waals surface area contributed by atoms with E-state index in [1.54, 1.807) is 41.3 Å². The van der Waals surface area contributed by atoms with E-state index in [1.165, 1.54) is 27.4 Å². The Balaban J connectivity index is 1.90. The first-order valence-electron chi connectivity index (χ1n) is 10.6. The molecule has 0 bridgehead atoms. The first-order chi connectivity index (χ1) is 16.3. The minimum absolute atomic E-state index is 0.306. The Bertz CT molecular complexity index is 1210. The van der Waals surface area contributed by atoms with E-state index < -0.39 is 17.8 Å². The van der Waals surface area contributed by atoms with E-state index in [-0.39, 0.29) is 5.91 Å². The Morgan fingerprint density at radius 1 is 0.882 bits per heavy atom. The van der Waals surface area contributed by atoms with Crippen molar-refractivity contribution in [3.05, 3.63) is 88.5 Å². The number of fused-ring (bicyclic) bond motifs is 1. The molecule has 34 heavy (non-hydrogen) atoms. The van der Waals surface area contributed by atoms with Crippen molar-refractivity contribution in [2.24, 2.45) is 0 Å². The average Bonchev–Trinajstić information content (AvgIpc) is 2.86. The topological polar surface area (TPSA) is 48.0 Å². The molecule has 0 aliphatic carbocycles. The number of carbonyl (C=O) groups is 1. The summed E-state index contributed by atoms with van der Waals surface area (Å²) in [5, 5.41) is 0. The Kier molecular flexibility index (Phi) is 6.41. The van der Waals surface area contributed by atoms with Crippen LogP contribution in [0.4, 0.5) is 13.2 Å². The number of halogens is 3. The van der Waals surface area contributed by atoms with Gasteiger partial charge in [0.1, 0.15) is 5.75 Å². The van der Waals surface area contributed by atoms with Crippen molar-refractivity contribution in [1.29, 1.82) is 0 Å². The number of carbonyl (C=O) groups excluding carboxylic acids is 1. The SMILES string of the molecule is COc1cc2c(cc1OC)C(c1cccc(C(F)(F)F)c1)N(C(=O)c1ccccc1OC)CC2. The lowest BCUT2D eigenvalue weighted by molar-refractivity contribution is -0.137. The summed E-state index contributed by atoms with van der Waals surface area (Å²) in [5.41, 5.74) is 1.48. The van der Waals surface area contributed by atoms with Gasteiger partial charge in [-0.25, -0.2) is 0 Å². The van der Waals surface area contributed by atoms with Crippen molar-refractivity contribution in [2.75, 3.05) is 27.9 Å². The molecule has 5 nitrogen and oxygen atoms in total. The van der Waals surface area contributed by atoms with Crippen molar-refractivity contribution < 1.29 is 32.2 Å². The largest absolute Gasteiger partial charge is 0.496 e. The minimum Gasteiger partial charge on any atom is -0.496 e. The van der Waals surface area contributed by atoms with Crippen LogP contribution in [0.2, 0.25) is 0 Å². The number of hydrogen-bond acceptors (Lipinski definition) is 4. The Morgan fingerprint density at radius 2 is 1.56 bits per heavy atom. The van der Waals surface area contributed by atoms with Crippen LogP contribution in [0, 0.1) is 0 Å². The van der Waals surface area contributed by atoms with Crippen LogP contribution in [0.15, 0.2) is 60.7 Å². The number of para-hydroxylation sites is 1. The molecule has 0 saturated carbocycles. The van der Waals surface area contributed by atoms with Crippen LogP contribution in [-0.4, -0.2) is 38.7 Å². The minimum atomic E-state index is -4.51. The van der Waals surface area contributed by atoms with E-state index in [2.05, 4.69) is 0 Å². The van der Waals surface area contributed by atoms with Gasteiger partial charge in [0.2, 0.25) is 0 Å². The van der Waals surface area contributed by atoms with Crippen molar-refractivity contribution >= 4 is 5.91 Å². The van der Waals surface area contributed by atoms with Gasteiger partial charge in [-0.3, -0.25) is 4.79 Å². The van der Waals surface area contributed by atoms with E-state index in [9.17, 15) is 18.0 Å². The third-order valence-corrected chi connectivity index (χ3v) is 6.00. The number of benzene rings is 3. The Hall–Kier alpha value is -3.68. The standard InChI is InChI=1S/C26H24F3NO4/c1-32-21-10-5-4-9-19(21)25(31)30-12-11-16-14-22(33-2)23(34-3)15-20(16)24(30)17-7-6-8-18(13-17)26(27,28)29/h4-10,13-15,24H,11-12H2,1-3H3. The highest BCUT2D eigenvalue weighted by molar-refractivity contribution is 5.97. The second-order valence-corrected chi connectivity index (χ2v) is 7.88. The van der Waals surface area contributed by atoms with Crippen molar-refractivity contribution in [3.8, 4) is 17.2 Å². The number of ether oxygens (including phenoxy) is 3. The Labute approximate surface area is 195 Å². The second kappa shape index (κ2) is 9.29. The van der Waals surface area contributed by atoms with Crippen LogP contribution < -0.4 is 14.2 Å². The van der Waals surface area contributed by atoms with Crippen LogP contribution in [0.1, 0.15) is 38.7 Å². The molecule has 1 aliphatic rings. The molecule has 178 valence electrons. The molecule has 4 rings (SSSR count). The zero-order valence-electron chi connectivity index (χ0n) is 19.0. The molecule has 0 spiro atoms. The highest BCUT2D eigenvalue weighted by atomic mass is 19.4. The van der Waals surface area contributed by atoms with E-state index in [0.29, 0.717) is 46.9 Å². The van der Waals surface area contributed by atoms with Gasteiger partial charge in [-0.1, -0.05) is 24.3 Å². The number of alkyl halides is 3. The lowest BCUT2D eigenvalue weighted by Crippen LogP contribution is -2.41. The van der Waals surface area contributed by atoms with E-state index in [1.807, 2.05) is 6.07 Å². The second-order valence-electron chi connectivity index (χ2n) is 7.88. The number of rotatable bonds is 5. The Morgan fingerprint density at radius 3 is 2.24 bits per heavy atom. The molecule has 1 unspecified atom stereocenters. The van der Waals surface area contributed by atoms with Crippen molar-refractivity contribution in [3.63, 3.8) is 0 Å². The van der Waals surface area contributed by atoms with Gasteiger partial charge in [0.15, 0.2) is 11.5 Å². The highest BCUT2D eigenvalue weighted by Gasteiger charge is 2.37. The molecular weight excluding hydrogens is 447 g/mol. The van der Waals surface area contributed by atoms with Gasteiger partial charge in [0.05, 0.1) is 38.5 Å². The highest BCUT2D eigenvalue weighted by Crippen LogP contribution is 2.43. The summed E-state index contributed by atoms with van der Waals surface area (Å²) in [7, 11) is 4.48. The van der Waals surface area contributed by atoms with Crippen LogP contribution in [-0.2, 0) is 12.6 Å². The van der Waals surface area contributed by atoms with E-state index >= 15 is 0 Å². The third kappa shape index (κ3) is 4.27. The first kappa shape index (κ1) is 23.5. The maximum absolute atomic E-state index is 13.7. The first-order valence-corrected chi connectivity index (χ1v) is 10.6. The number of hydrogen-bond donors (Lipinski definition) is 0. The normalized spacial score (nSPS) is 15.5. The van der Waals surface area contributed by atoms with Gasteiger partial charge in [0.25, 0.3) is 5.91 Å². The predicted molar refractivity (Wildman–Crippen MR) is 121 cm³/mol. The molecule has 0 fully saturated rings. The fraction of sp³-hybridized carbons (Fsp3) is 0.269. The number of methoxy groups -OCH3 is 3. The quantitative estimate of drug-likeness (QED) is 0.492. The maximum atomic E-state index is 13.7. The average molecular weight is 471 g/mol. The molecule has 1 amide bonds. The van der Waals surface area contributed by atoms with Gasteiger partial charge in [-0.05, 0) is 59.5 Å².